The number of hydrogen-bond donors (Lipinski definition) is 1. The summed E-state index contributed by atoms with van der Waals surface area (Å²) in [7, 11) is 0. The first-order valence-corrected chi connectivity index (χ1v) is 7.31. The Morgan fingerprint density at radius 1 is 1.20 bits per heavy atom. The van der Waals surface area contributed by atoms with Crippen LogP contribution in [0.25, 0.3) is 0 Å². The van der Waals surface area contributed by atoms with Crippen LogP contribution in [0, 0.1) is 0 Å². The van der Waals surface area contributed by atoms with Crippen molar-refractivity contribution in [2.24, 2.45) is 0 Å². The van der Waals surface area contributed by atoms with Crippen molar-refractivity contribution in [3.63, 3.8) is 0 Å². The van der Waals surface area contributed by atoms with Crippen LogP contribution in [0.2, 0.25) is 0 Å². The van der Waals surface area contributed by atoms with E-state index in [2.05, 4.69) is 73.0 Å². The second-order valence-corrected chi connectivity index (χ2v) is 6.25. The smallest absolute Gasteiger partial charge is 0.108 e. The quantitative estimate of drug-likeness (QED) is 0.903. The molecule has 0 spiro atoms. The Bertz CT molecular complexity index is 549. The van der Waals surface area contributed by atoms with Crippen molar-refractivity contribution in [1.29, 1.82) is 0 Å². The second-order valence-electron chi connectivity index (χ2n) is 6.25. The number of imidazole rings is 1. The first-order valence-electron chi connectivity index (χ1n) is 7.31. The van der Waals surface area contributed by atoms with Gasteiger partial charge in [-0.25, -0.2) is 4.98 Å². The zero-order valence-corrected chi connectivity index (χ0v) is 13.0. The molecule has 20 heavy (non-hydrogen) atoms. The molecule has 0 atom stereocenters. The Morgan fingerprint density at radius 2 is 1.95 bits per heavy atom. The summed E-state index contributed by atoms with van der Waals surface area (Å²) in [6, 6.07) is 8.77. The maximum atomic E-state index is 4.37. The Morgan fingerprint density at radius 3 is 2.65 bits per heavy atom. The van der Waals surface area contributed by atoms with Crippen LogP contribution in [0.3, 0.4) is 0 Å². The van der Waals surface area contributed by atoms with Gasteiger partial charge in [-0.3, -0.25) is 0 Å². The fourth-order valence-electron chi connectivity index (χ4n) is 2.20. The van der Waals surface area contributed by atoms with E-state index in [-0.39, 0.29) is 5.54 Å². The van der Waals surface area contributed by atoms with E-state index in [4.69, 9.17) is 0 Å². The lowest BCUT2D eigenvalue weighted by atomic mass is 10.1. The maximum absolute atomic E-state index is 4.37. The number of aromatic nitrogens is 2. The highest BCUT2D eigenvalue weighted by molar-refractivity contribution is 5.24. The summed E-state index contributed by atoms with van der Waals surface area (Å²) >= 11 is 0. The van der Waals surface area contributed by atoms with E-state index in [1.807, 2.05) is 6.20 Å². The molecule has 0 saturated heterocycles. The summed E-state index contributed by atoms with van der Waals surface area (Å²) in [6.45, 7) is 10.5. The number of benzene rings is 1. The number of nitrogens with one attached hydrogen (secondary N) is 1. The molecular weight excluding hydrogens is 246 g/mol. The van der Waals surface area contributed by atoms with Crippen LogP contribution in [-0.4, -0.2) is 15.1 Å². The standard InChI is InChI=1S/C17H25N3/c1-5-16-18-9-10-20(16)13-15-8-6-7-14(11-15)12-19-17(2,3)4/h6-11,19H,5,12-13H2,1-4H3. The highest BCUT2D eigenvalue weighted by Crippen LogP contribution is 2.10. The fraction of sp³-hybridized carbons (Fsp3) is 0.471. The Balaban J connectivity index is 2.06. The first-order chi connectivity index (χ1) is 9.48. The Hall–Kier alpha value is -1.61. The van der Waals surface area contributed by atoms with Gasteiger partial charge in [0.15, 0.2) is 0 Å². The maximum Gasteiger partial charge on any atom is 0.108 e. The molecule has 108 valence electrons. The number of aryl methyl sites for hydroxylation is 1. The fourth-order valence-corrected chi connectivity index (χ4v) is 2.20. The van der Waals surface area contributed by atoms with E-state index in [1.54, 1.807) is 0 Å². The normalized spacial score (nSPS) is 11.8. The molecular formula is C17H25N3. The van der Waals surface area contributed by atoms with E-state index in [9.17, 15) is 0 Å². The summed E-state index contributed by atoms with van der Waals surface area (Å²) in [5, 5.41) is 3.53. The van der Waals surface area contributed by atoms with Crippen LogP contribution in [0.5, 0.6) is 0 Å². The molecule has 0 aliphatic carbocycles. The van der Waals surface area contributed by atoms with Gasteiger partial charge in [0, 0.05) is 37.4 Å². The molecule has 0 saturated carbocycles. The van der Waals surface area contributed by atoms with Crippen molar-refractivity contribution in [3.8, 4) is 0 Å². The van der Waals surface area contributed by atoms with Gasteiger partial charge in [0.2, 0.25) is 0 Å². The number of rotatable bonds is 5. The molecule has 1 aromatic carbocycles. The van der Waals surface area contributed by atoms with E-state index >= 15 is 0 Å². The highest BCUT2D eigenvalue weighted by atomic mass is 15.1. The van der Waals surface area contributed by atoms with E-state index in [0.29, 0.717) is 0 Å². The monoisotopic (exact) mass is 271 g/mol. The molecule has 0 amide bonds. The van der Waals surface area contributed by atoms with Crippen LogP contribution in [0.15, 0.2) is 36.7 Å². The van der Waals surface area contributed by atoms with E-state index < -0.39 is 0 Å². The van der Waals surface area contributed by atoms with Crippen molar-refractivity contribution in [3.05, 3.63) is 53.6 Å². The van der Waals surface area contributed by atoms with Gasteiger partial charge in [0.25, 0.3) is 0 Å². The minimum Gasteiger partial charge on any atom is -0.331 e. The molecule has 1 aromatic heterocycles. The van der Waals surface area contributed by atoms with Crippen molar-refractivity contribution in [2.45, 2.75) is 52.7 Å². The summed E-state index contributed by atoms with van der Waals surface area (Å²) in [5.74, 6) is 1.14. The van der Waals surface area contributed by atoms with Gasteiger partial charge in [-0.1, -0.05) is 31.2 Å². The largest absolute Gasteiger partial charge is 0.331 e. The predicted molar refractivity (Wildman–Crippen MR) is 83.7 cm³/mol. The minimum atomic E-state index is 0.149. The number of hydrogen-bond acceptors (Lipinski definition) is 2. The molecule has 1 heterocycles. The lowest BCUT2D eigenvalue weighted by Crippen LogP contribution is -2.35. The molecule has 3 nitrogen and oxygen atoms in total. The topological polar surface area (TPSA) is 29.9 Å². The van der Waals surface area contributed by atoms with Gasteiger partial charge < -0.3 is 9.88 Å². The lowest BCUT2D eigenvalue weighted by Gasteiger charge is -2.20. The van der Waals surface area contributed by atoms with Crippen molar-refractivity contribution >= 4 is 0 Å². The Kier molecular flexibility index (Phi) is 4.61. The van der Waals surface area contributed by atoms with Crippen molar-refractivity contribution in [1.82, 2.24) is 14.9 Å². The van der Waals surface area contributed by atoms with Crippen LogP contribution < -0.4 is 5.32 Å². The zero-order chi connectivity index (χ0) is 14.6. The van der Waals surface area contributed by atoms with Crippen LogP contribution in [0.4, 0.5) is 0 Å². The van der Waals surface area contributed by atoms with E-state index in [0.717, 1.165) is 25.3 Å². The second kappa shape index (κ2) is 6.23. The van der Waals surface area contributed by atoms with E-state index in [1.165, 1.54) is 11.1 Å². The molecule has 2 aromatic rings. The van der Waals surface area contributed by atoms with Crippen LogP contribution >= 0.6 is 0 Å². The van der Waals surface area contributed by atoms with Gasteiger partial charge >= 0.3 is 0 Å². The molecule has 0 radical (unpaired) electrons. The molecule has 0 aliphatic rings. The Labute approximate surface area is 122 Å². The molecule has 0 bridgehead atoms. The summed E-state index contributed by atoms with van der Waals surface area (Å²) < 4.78 is 2.22. The first kappa shape index (κ1) is 14.8. The summed E-state index contributed by atoms with van der Waals surface area (Å²) in [5.41, 5.74) is 2.80. The van der Waals surface area contributed by atoms with Gasteiger partial charge in [-0.05, 0) is 31.9 Å². The number of nitrogens with zero attached hydrogens (tertiary/aromatic N) is 2. The lowest BCUT2D eigenvalue weighted by molar-refractivity contribution is 0.424. The molecule has 2 rings (SSSR count). The molecule has 3 heteroatoms. The summed E-state index contributed by atoms with van der Waals surface area (Å²) in [4.78, 5) is 4.37. The minimum absolute atomic E-state index is 0.149. The van der Waals surface area contributed by atoms with Gasteiger partial charge in [-0.15, -0.1) is 0 Å². The average molecular weight is 271 g/mol. The third-order valence-corrected chi connectivity index (χ3v) is 3.29. The molecule has 0 unspecified atom stereocenters. The van der Waals surface area contributed by atoms with Gasteiger partial charge in [-0.2, -0.15) is 0 Å². The molecule has 1 N–H and O–H groups in total. The summed E-state index contributed by atoms with van der Waals surface area (Å²) in [6.07, 6.45) is 4.90. The third kappa shape index (κ3) is 4.20. The van der Waals surface area contributed by atoms with Gasteiger partial charge in [0.1, 0.15) is 5.82 Å². The molecule has 0 fully saturated rings. The third-order valence-electron chi connectivity index (χ3n) is 3.29. The van der Waals surface area contributed by atoms with Crippen LogP contribution in [0.1, 0.15) is 44.6 Å². The van der Waals surface area contributed by atoms with Crippen molar-refractivity contribution in [2.75, 3.05) is 0 Å². The molecule has 0 aliphatic heterocycles. The zero-order valence-electron chi connectivity index (χ0n) is 13.0. The van der Waals surface area contributed by atoms with Crippen LogP contribution in [-0.2, 0) is 19.5 Å². The predicted octanol–water partition coefficient (Wildman–Crippen LogP) is 3.38. The van der Waals surface area contributed by atoms with Gasteiger partial charge in [0.05, 0.1) is 0 Å². The average Bonchev–Trinajstić information content (AvgIpc) is 2.83. The highest BCUT2D eigenvalue weighted by Gasteiger charge is 2.08. The SMILES string of the molecule is CCc1nccn1Cc1cccc(CNC(C)(C)C)c1. The van der Waals surface area contributed by atoms with Crippen molar-refractivity contribution < 1.29 is 0 Å².